The van der Waals surface area contributed by atoms with Crippen molar-refractivity contribution in [2.75, 3.05) is 40.4 Å². The lowest BCUT2D eigenvalue weighted by Gasteiger charge is -2.29. The summed E-state index contributed by atoms with van der Waals surface area (Å²) in [6.07, 6.45) is 3.94. The van der Waals surface area contributed by atoms with E-state index in [-0.39, 0.29) is 0 Å². The van der Waals surface area contributed by atoms with Crippen LogP contribution < -0.4 is 5.32 Å². The summed E-state index contributed by atoms with van der Waals surface area (Å²) >= 11 is 0. The SMILES string of the molecule is COCC(C)CN(C)C1CCCNCC1. The van der Waals surface area contributed by atoms with Gasteiger partial charge in [0.1, 0.15) is 0 Å². The molecule has 1 N–H and O–H groups in total. The highest BCUT2D eigenvalue weighted by atomic mass is 16.5. The monoisotopic (exact) mass is 214 g/mol. The first-order valence-corrected chi connectivity index (χ1v) is 6.14. The van der Waals surface area contributed by atoms with Crippen molar-refractivity contribution in [1.82, 2.24) is 10.2 Å². The molecule has 90 valence electrons. The van der Waals surface area contributed by atoms with Gasteiger partial charge < -0.3 is 15.0 Å². The summed E-state index contributed by atoms with van der Waals surface area (Å²) in [5.74, 6) is 0.635. The Bertz CT molecular complexity index is 156. The molecule has 3 nitrogen and oxygen atoms in total. The summed E-state index contributed by atoms with van der Waals surface area (Å²) in [4.78, 5) is 2.51. The maximum atomic E-state index is 5.18. The van der Waals surface area contributed by atoms with E-state index in [0.29, 0.717) is 5.92 Å². The molecule has 2 unspecified atom stereocenters. The van der Waals surface area contributed by atoms with Crippen molar-refractivity contribution in [2.24, 2.45) is 5.92 Å². The van der Waals surface area contributed by atoms with E-state index in [2.05, 4.69) is 24.2 Å². The molecule has 0 amide bonds. The fourth-order valence-electron chi connectivity index (χ4n) is 2.42. The maximum Gasteiger partial charge on any atom is 0.0500 e. The highest BCUT2D eigenvalue weighted by Crippen LogP contribution is 2.13. The molecule has 2 atom stereocenters. The predicted octanol–water partition coefficient (Wildman–Crippen LogP) is 1.34. The molecule has 0 radical (unpaired) electrons. The van der Waals surface area contributed by atoms with Gasteiger partial charge in [-0.15, -0.1) is 0 Å². The summed E-state index contributed by atoms with van der Waals surface area (Å²) in [5.41, 5.74) is 0. The van der Waals surface area contributed by atoms with Crippen LogP contribution in [0.1, 0.15) is 26.2 Å². The van der Waals surface area contributed by atoms with Crippen LogP contribution in [0.4, 0.5) is 0 Å². The van der Waals surface area contributed by atoms with Crippen LogP contribution in [0, 0.1) is 5.92 Å². The average Bonchev–Trinajstić information content (AvgIpc) is 2.45. The van der Waals surface area contributed by atoms with Gasteiger partial charge in [0.15, 0.2) is 0 Å². The van der Waals surface area contributed by atoms with Crippen molar-refractivity contribution >= 4 is 0 Å². The third-order valence-electron chi connectivity index (χ3n) is 3.22. The Balaban J connectivity index is 2.27. The Hall–Kier alpha value is -0.120. The van der Waals surface area contributed by atoms with E-state index in [9.17, 15) is 0 Å². The molecule has 0 aliphatic carbocycles. The summed E-state index contributed by atoms with van der Waals surface area (Å²) in [6.45, 7) is 6.65. The number of hydrogen-bond donors (Lipinski definition) is 1. The molecule has 0 bridgehead atoms. The Labute approximate surface area is 94.2 Å². The lowest BCUT2D eigenvalue weighted by Crippen LogP contribution is -2.36. The molecular formula is C12H26N2O. The lowest BCUT2D eigenvalue weighted by atomic mass is 10.1. The van der Waals surface area contributed by atoms with E-state index in [0.717, 1.165) is 19.2 Å². The molecule has 1 saturated heterocycles. The molecule has 1 rings (SSSR count). The van der Waals surface area contributed by atoms with E-state index in [4.69, 9.17) is 4.74 Å². The second kappa shape index (κ2) is 7.20. The molecule has 15 heavy (non-hydrogen) atoms. The van der Waals surface area contributed by atoms with Crippen LogP contribution >= 0.6 is 0 Å². The third-order valence-corrected chi connectivity index (χ3v) is 3.22. The Morgan fingerprint density at radius 2 is 2.20 bits per heavy atom. The van der Waals surface area contributed by atoms with Crippen LogP contribution in [0.5, 0.6) is 0 Å². The minimum absolute atomic E-state index is 0.635. The number of hydrogen-bond acceptors (Lipinski definition) is 3. The number of methoxy groups -OCH3 is 1. The van der Waals surface area contributed by atoms with E-state index in [1.165, 1.54) is 32.4 Å². The minimum atomic E-state index is 0.635. The van der Waals surface area contributed by atoms with Crippen molar-refractivity contribution in [3.05, 3.63) is 0 Å². The van der Waals surface area contributed by atoms with Gasteiger partial charge in [0.2, 0.25) is 0 Å². The van der Waals surface area contributed by atoms with Crippen LogP contribution in [-0.4, -0.2) is 51.3 Å². The van der Waals surface area contributed by atoms with Gasteiger partial charge in [-0.25, -0.2) is 0 Å². The van der Waals surface area contributed by atoms with E-state index in [1.54, 1.807) is 7.11 Å². The van der Waals surface area contributed by atoms with Crippen LogP contribution in [0.3, 0.4) is 0 Å². The van der Waals surface area contributed by atoms with Gasteiger partial charge in [0.05, 0.1) is 0 Å². The van der Waals surface area contributed by atoms with Crippen LogP contribution in [0.25, 0.3) is 0 Å². The second-order valence-corrected chi connectivity index (χ2v) is 4.83. The topological polar surface area (TPSA) is 24.5 Å². The molecule has 0 aromatic rings. The zero-order chi connectivity index (χ0) is 11.1. The first kappa shape index (κ1) is 12.9. The molecule has 1 heterocycles. The van der Waals surface area contributed by atoms with Gasteiger partial charge in [0.25, 0.3) is 0 Å². The van der Waals surface area contributed by atoms with Gasteiger partial charge in [-0.05, 0) is 45.3 Å². The van der Waals surface area contributed by atoms with Crippen LogP contribution in [0.15, 0.2) is 0 Å². The maximum absolute atomic E-state index is 5.18. The molecule has 3 heteroatoms. The standard InChI is InChI=1S/C12H26N2O/c1-11(10-15-3)9-14(2)12-5-4-7-13-8-6-12/h11-13H,4-10H2,1-3H3. The fraction of sp³-hybridized carbons (Fsp3) is 1.00. The van der Waals surface area contributed by atoms with Gasteiger partial charge in [-0.3, -0.25) is 0 Å². The Kier molecular flexibility index (Phi) is 6.22. The number of nitrogens with zero attached hydrogens (tertiary/aromatic N) is 1. The van der Waals surface area contributed by atoms with Crippen molar-refractivity contribution in [1.29, 1.82) is 0 Å². The second-order valence-electron chi connectivity index (χ2n) is 4.83. The van der Waals surface area contributed by atoms with E-state index >= 15 is 0 Å². The Morgan fingerprint density at radius 1 is 1.40 bits per heavy atom. The summed E-state index contributed by atoms with van der Waals surface area (Å²) in [5, 5.41) is 3.46. The summed E-state index contributed by atoms with van der Waals surface area (Å²) in [7, 11) is 4.04. The fourth-order valence-corrected chi connectivity index (χ4v) is 2.42. The van der Waals surface area contributed by atoms with Crippen molar-refractivity contribution in [3.8, 4) is 0 Å². The van der Waals surface area contributed by atoms with Crippen LogP contribution in [-0.2, 0) is 4.74 Å². The third kappa shape index (κ3) is 4.96. The van der Waals surface area contributed by atoms with Gasteiger partial charge >= 0.3 is 0 Å². The molecule has 1 aliphatic heterocycles. The molecular weight excluding hydrogens is 188 g/mol. The Morgan fingerprint density at radius 3 is 2.93 bits per heavy atom. The quantitative estimate of drug-likeness (QED) is 0.747. The molecule has 1 aliphatic rings. The smallest absolute Gasteiger partial charge is 0.0500 e. The van der Waals surface area contributed by atoms with E-state index in [1.807, 2.05) is 0 Å². The number of rotatable bonds is 5. The number of nitrogens with one attached hydrogen (secondary N) is 1. The first-order chi connectivity index (χ1) is 7.24. The predicted molar refractivity (Wildman–Crippen MR) is 64.2 cm³/mol. The van der Waals surface area contributed by atoms with Crippen molar-refractivity contribution < 1.29 is 4.74 Å². The largest absolute Gasteiger partial charge is 0.384 e. The van der Waals surface area contributed by atoms with Crippen LogP contribution in [0.2, 0.25) is 0 Å². The highest BCUT2D eigenvalue weighted by molar-refractivity contribution is 4.75. The molecule has 1 fully saturated rings. The normalized spacial score (nSPS) is 25.2. The molecule has 0 aromatic carbocycles. The molecule has 0 spiro atoms. The zero-order valence-electron chi connectivity index (χ0n) is 10.5. The van der Waals surface area contributed by atoms with Gasteiger partial charge in [-0.1, -0.05) is 6.92 Å². The van der Waals surface area contributed by atoms with Crippen molar-refractivity contribution in [2.45, 2.75) is 32.2 Å². The molecule has 0 saturated carbocycles. The first-order valence-electron chi connectivity index (χ1n) is 6.14. The van der Waals surface area contributed by atoms with Gasteiger partial charge in [0, 0.05) is 26.3 Å². The summed E-state index contributed by atoms with van der Waals surface area (Å²) < 4.78 is 5.18. The van der Waals surface area contributed by atoms with E-state index < -0.39 is 0 Å². The number of ether oxygens (including phenoxy) is 1. The summed E-state index contributed by atoms with van der Waals surface area (Å²) in [6, 6.07) is 0.763. The zero-order valence-corrected chi connectivity index (χ0v) is 10.5. The minimum Gasteiger partial charge on any atom is -0.384 e. The van der Waals surface area contributed by atoms with Gasteiger partial charge in [-0.2, -0.15) is 0 Å². The average molecular weight is 214 g/mol. The van der Waals surface area contributed by atoms with Crippen molar-refractivity contribution in [3.63, 3.8) is 0 Å². The lowest BCUT2D eigenvalue weighted by molar-refractivity contribution is 0.119. The highest BCUT2D eigenvalue weighted by Gasteiger charge is 2.18. The molecule has 0 aromatic heterocycles.